The van der Waals surface area contributed by atoms with Crippen molar-refractivity contribution in [2.24, 2.45) is 0 Å². The number of aryl methyl sites for hydroxylation is 1. The zero-order chi connectivity index (χ0) is 12.6. The van der Waals surface area contributed by atoms with E-state index in [-0.39, 0.29) is 0 Å². The van der Waals surface area contributed by atoms with Crippen LogP contribution < -0.4 is 0 Å². The summed E-state index contributed by atoms with van der Waals surface area (Å²) < 4.78 is 1.89. The summed E-state index contributed by atoms with van der Waals surface area (Å²) in [5, 5.41) is 11.0. The standard InChI is InChI=1S/C12H9Br2ClOS/c1-6-3-2-4-7(10(6)15)11(16)8-5-9(13)17-12(8)14/h2-5,11,16H,1H3. The zero-order valence-corrected chi connectivity index (χ0v) is 13.6. The molecule has 1 aromatic carbocycles. The molecule has 17 heavy (non-hydrogen) atoms. The lowest BCUT2D eigenvalue weighted by Crippen LogP contribution is -2.00. The lowest BCUT2D eigenvalue weighted by molar-refractivity contribution is 0.220. The van der Waals surface area contributed by atoms with Gasteiger partial charge in [0.15, 0.2) is 0 Å². The normalized spacial score (nSPS) is 12.8. The molecule has 0 saturated heterocycles. The fourth-order valence-corrected chi connectivity index (χ4v) is 4.70. The summed E-state index contributed by atoms with van der Waals surface area (Å²) in [6.07, 6.45) is -0.709. The van der Waals surface area contributed by atoms with E-state index in [1.165, 1.54) is 11.3 Å². The van der Waals surface area contributed by atoms with Gasteiger partial charge in [0.25, 0.3) is 0 Å². The fourth-order valence-electron chi connectivity index (χ4n) is 1.59. The predicted molar refractivity (Wildman–Crippen MR) is 80.0 cm³/mol. The lowest BCUT2D eigenvalue weighted by Gasteiger charge is -2.13. The summed E-state index contributed by atoms with van der Waals surface area (Å²) in [5.74, 6) is 0. The number of rotatable bonds is 2. The van der Waals surface area contributed by atoms with E-state index < -0.39 is 6.10 Å². The number of hydrogen-bond donors (Lipinski definition) is 1. The third-order valence-corrected chi connectivity index (χ3v) is 5.40. The van der Waals surface area contributed by atoms with Crippen LogP contribution in [-0.2, 0) is 0 Å². The Labute approximate surface area is 126 Å². The Morgan fingerprint density at radius 2 is 2.00 bits per heavy atom. The van der Waals surface area contributed by atoms with Gasteiger partial charge in [-0.3, -0.25) is 0 Å². The molecular weight excluding hydrogens is 387 g/mol. The maximum absolute atomic E-state index is 10.4. The molecule has 90 valence electrons. The second kappa shape index (κ2) is 5.41. The SMILES string of the molecule is Cc1cccc(C(O)c2cc(Br)sc2Br)c1Cl. The zero-order valence-electron chi connectivity index (χ0n) is 8.88. The van der Waals surface area contributed by atoms with Crippen LogP contribution in [0.15, 0.2) is 31.8 Å². The van der Waals surface area contributed by atoms with E-state index in [0.717, 1.165) is 24.3 Å². The van der Waals surface area contributed by atoms with Crippen LogP contribution in [-0.4, -0.2) is 5.11 Å². The smallest absolute Gasteiger partial charge is 0.107 e. The third-order valence-electron chi connectivity index (χ3n) is 2.49. The molecule has 0 bridgehead atoms. The molecule has 0 saturated carbocycles. The maximum atomic E-state index is 10.4. The molecule has 1 heterocycles. The molecule has 1 aromatic heterocycles. The van der Waals surface area contributed by atoms with Crippen molar-refractivity contribution in [3.05, 3.63) is 53.6 Å². The van der Waals surface area contributed by atoms with Gasteiger partial charge in [0.1, 0.15) is 6.10 Å². The second-order valence-corrected chi connectivity index (χ2v) is 7.79. The van der Waals surface area contributed by atoms with Crippen molar-refractivity contribution in [2.75, 3.05) is 0 Å². The topological polar surface area (TPSA) is 20.2 Å². The number of thiophene rings is 1. The molecule has 0 spiro atoms. The summed E-state index contributed by atoms with van der Waals surface area (Å²) >= 11 is 14.6. The largest absolute Gasteiger partial charge is 0.384 e. The summed E-state index contributed by atoms with van der Waals surface area (Å²) in [7, 11) is 0. The van der Waals surface area contributed by atoms with Crippen LogP contribution >= 0.6 is 54.8 Å². The number of halogens is 3. The van der Waals surface area contributed by atoms with Crippen molar-refractivity contribution in [3.63, 3.8) is 0 Å². The second-order valence-electron chi connectivity index (χ2n) is 3.66. The van der Waals surface area contributed by atoms with Crippen molar-refractivity contribution in [1.29, 1.82) is 0 Å². The number of benzene rings is 1. The van der Waals surface area contributed by atoms with Gasteiger partial charge in [-0.2, -0.15) is 0 Å². The Morgan fingerprint density at radius 3 is 2.59 bits per heavy atom. The Bertz CT molecular complexity index is 553. The summed E-state index contributed by atoms with van der Waals surface area (Å²) in [5.41, 5.74) is 2.53. The average Bonchev–Trinajstić information content (AvgIpc) is 2.61. The molecule has 0 aliphatic carbocycles. The van der Waals surface area contributed by atoms with E-state index in [1.807, 2.05) is 31.2 Å². The molecule has 1 unspecified atom stereocenters. The monoisotopic (exact) mass is 394 g/mol. The van der Waals surface area contributed by atoms with E-state index in [2.05, 4.69) is 31.9 Å². The van der Waals surface area contributed by atoms with E-state index in [0.29, 0.717) is 5.02 Å². The molecule has 0 aliphatic heterocycles. The van der Waals surface area contributed by atoms with Gasteiger partial charge in [-0.25, -0.2) is 0 Å². The van der Waals surface area contributed by atoms with E-state index in [9.17, 15) is 5.11 Å². The first kappa shape index (κ1) is 13.6. The summed E-state index contributed by atoms with van der Waals surface area (Å²) in [6.45, 7) is 1.93. The maximum Gasteiger partial charge on any atom is 0.107 e. The van der Waals surface area contributed by atoms with Gasteiger partial charge < -0.3 is 5.11 Å². The van der Waals surface area contributed by atoms with Crippen LogP contribution in [0.3, 0.4) is 0 Å². The van der Waals surface area contributed by atoms with Gasteiger partial charge in [0.05, 0.1) is 7.57 Å². The van der Waals surface area contributed by atoms with Crippen LogP contribution in [0, 0.1) is 6.92 Å². The number of aliphatic hydroxyl groups excluding tert-OH is 1. The molecule has 0 aliphatic rings. The first-order valence-corrected chi connectivity index (χ1v) is 7.66. The van der Waals surface area contributed by atoms with Crippen molar-refractivity contribution >= 4 is 54.8 Å². The van der Waals surface area contributed by atoms with Crippen LogP contribution in [0.1, 0.15) is 22.8 Å². The fraction of sp³-hybridized carbons (Fsp3) is 0.167. The van der Waals surface area contributed by atoms with Crippen LogP contribution in [0.25, 0.3) is 0 Å². The minimum atomic E-state index is -0.709. The minimum Gasteiger partial charge on any atom is -0.384 e. The Balaban J connectivity index is 2.47. The van der Waals surface area contributed by atoms with Crippen molar-refractivity contribution in [2.45, 2.75) is 13.0 Å². The highest BCUT2D eigenvalue weighted by Crippen LogP contribution is 2.39. The highest BCUT2D eigenvalue weighted by atomic mass is 79.9. The average molecular weight is 397 g/mol. The summed E-state index contributed by atoms with van der Waals surface area (Å²) in [6, 6.07) is 7.57. The summed E-state index contributed by atoms with van der Waals surface area (Å²) in [4.78, 5) is 0. The van der Waals surface area contributed by atoms with Gasteiger partial charge in [-0.05, 0) is 50.4 Å². The van der Waals surface area contributed by atoms with Crippen molar-refractivity contribution in [1.82, 2.24) is 0 Å². The number of hydrogen-bond acceptors (Lipinski definition) is 2. The van der Waals surface area contributed by atoms with Crippen LogP contribution in [0.5, 0.6) is 0 Å². The highest BCUT2D eigenvalue weighted by Gasteiger charge is 2.19. The molecule has 1 N–H and O–H groups in total. The van der Waals surface area contributed by atoms with Gasteiger partial charge in [-0.1, -0.05) is 29.8 Å². The van der Waals surface area contributed by atoms with Gasteiger partial charge >= 0.3 is 0 Å². The first-order valence-electron chi connectivity index (χ1n) is 4.88. The Hall–Kier alpha value is 0.130. The highest BCUT2D eigenvalue weighted by molar-refractivity contribution is 9.12. The molecule has 2 aromatic rings. The van der Waals surface area contributed by atoms with Crippen LogP contribution in [0.4, 0.5) is 0 Å². The lowest BCUT2D eigenvalue weighted by atomic mass is 10.0. The molecule has 1 atom stereocenters. The Kier molecular flexibility index (Phi) is 4.31. The minimum absolute atomic E-state index is 0.620. The van der Waals surface area contributed by atoms with Crippen LogP contribution in [0.2, 0.25) is 5.02 Å². The molecule has 1 nitrogen and oxygen atoms in total. The van der Waals surface area contributed by atoms with Gasteiger partial charge in [-0.15, -0.1) is 11.3 Å². The van der Waals surface area contributed by atoms with E-state index in [1.54, 1.807) is 0 Å². The van der Waals surface area contributed by atoms with Crippen molar-refractivity contribution < 1.29 is 5.11 Å². The number of aliphatic hydroxyl groups is 1. The van der Waals surface area contributed by atoms with Gasteiger partial charge in [0.2, 0.25) is 0 Å². The molecule has 2 rings (SSSR count). The first-order chi connectivity index (χ1) is 8.00. The quantitative estimate of drug-likeness (QED) is 0.729. The molecule has 5 heteroatoms. The predicted octanol–water partition coefficient (Wildman–Crippen LogP) is 5.32. The van der Waals surface area contributed by atoms with Gasteiger partial charge in [0, 0.05) is 16.1 Å². The molecule has 0 amide bonds. The third kappa shape index (κ3) is 2.76. The van der Waals surface area contributed by atoms with Crippen molar-refractivity contribution in [3.8, 4) is 0 Å². The van der Waals surface area contributed by atoms with E-state index in [4.69, 9.17) is 11.6 Å². The Morgan fingerprint density at radius 1 is 1.29 bits per heavy atom. The molecule has 0 radical (unpaired) electrons. The molecule has 0 fully saturated rings. The molecular formula is C12H9Br2ClOS. The van der Waals surface area contributed by atoms with E-state index >= 15 is 0 Å².